The van der Waals surface area contributed by atoms with E-state index in [0.29, 0.717) is 0 Å². The molecule has 1 N–H and O–H groups in total. The summed E-state index contributed by atoms with van der Waals surface area (Å²) in [6.45, 7) is 2.19. The molecule has 0 aliphatic heterocycles. The van der Waals surface area contributed by atoms with Gasteiger partial charge in [-0.1, -0.05) is 55.5 Å². The zero-order valence-corrected chi connectivity index (χ0v) is 19.4. The van der Waals surface area contributed by atoms with Crippen molar-refractivity contribution in [3.8, 4) is 22.5 Å². The Labute approximate surface area is 196 Å². The van der Waals surface area contributed by atoms with Crippen LogP contribution in [0.1, 0.15) is 30.7 Å². The number of hydrogen-bond donors (Lipinski definition) is 1. The molecule has 5 aromatic rings. The second-order valence-electron chi connectivity index (χ2n) is 7.30. The Morgan fingerprint density at radius 3 is 2.10 bits per heavy atom. The third-order valence-corrected chi connectivity index (χ3v) is 5.47. The van der Waals surface area contributed by atoms with E-state index < -0.39 is 0 Å². The zero-order chi connectivity index (χ0) is 20.3. The fourth-order valence-corrected chi connectivity index (χ4v) is 4.05. The van der Waals surface area contributed by atoms with Gasteiger partial charge in [0.2, 0.25) is 0 Å². The summed E-state index contributed by atoms with van der Waals surface area (Å²) in [6.07, 6.45) is 4.62. The van der Waals surface area contributed by atoms with Crippen LogP contribution in [-0.2, 0) is 21.1 Å². The number of H-pyrrole nitrogens is 1. The third-order valence-electron chi connectivity index (χ3n) is 5.47. The van der Waals surface area contributed by atoms with E-state index >= 15 is 0 Å². The van der Waals surface area contributed by atoms with Crippen molar-refractivity contribution in [3.05, 3.63) is 103 Å². The molecule has 154 valence electrons. The first-order valence-electron chi connectivity index (χ1n) is 10.3. The molecule has 0 aliphatic rings. The number of para-hydroxylation sites is 2. The Balaban J connectivity index is 0.00000231. The molecule has 0 saturated heterocycles. The SMILES string of the molecule is CCC(c1ncccc1-c1ccccc1)c1ncccc1-c1nc2ccccc2[nH]1.[Pt+2]. The molecule has 0 bridgehead atoms. The summed E-state index contributed by atoms with van der Waals surface area (Å²) < 4.78 is 0. The first-order chi connectivity index (χ1) is 14.8. The van der Waals surface area contributed by atoms with E-state index in [0.717, 1.165) is 45.8 Å². The van der Waals surface area contributed by atoms with Gasteiger partial charge in [-0.05, 0) is 42.3 Å². The van der Waals surface area contributed by atoms with Crippen molar-refractivity contribution in [1.29, 1.82) is 0 Å². The summed E-state index contributed by atoms with van der Waals surface area (Å²) in [7, 11) is 0. The number of pyridine rings is 2. The second-order valence-corrected chi connectivity index (χ2v) is 7.30. The Hall–Kier alpha value is -3.10. The van der Waals surface area contributed by atoms with Gasteiger partial charge in [0.1, 0.15) is 5.82 Å². The van der Waals surface area contributed by atoms with Gasteiger partial charge >= 0.3 is 21.1 Å². The van der Waals surface area contributed by atoms with Crippen LogP contribution in [0.3, 0.4) is 0 Å². The average molecular weight is 586 g/mol. The largest absolute Gasteiger partial charge is 2.00 e. The van der Waals surface area contributed by atoms with Gasteiger partial charge in [-0.25, -0.2) is 4.98 Å². The van der Waals surface area contributed by atoms with Crippen LogP contribution in [0.4, 0.5) is 0 Å². The zero-order valence-electron chi connectivity index (χ0n) is 17.1. The standard InChI is InChI=1S/C26H22N4.Pt/c1-2-19(24-20(12-8-16-27-24)18-10-4-3-5-11-18)25-21(13-9-17-28-25)26-29-22-14-6-7-15-23(22)30-26;/h3-17,19H,2H2,1H3,(H,29,30);/q;+2. The number of hydrogen-bond acceptors (Lipinski definition) is 3. The molecule has 3 aromatic heterocycles. The Morgan fingerprint density at radius 2 is 1.39 bits per heavy atom. The summed E-state index contributed by atoms with van der Waals surface area (Å²) >= 11 is 0. The number of aromatic nitrogens is 4. The topological polar surface area (TPSA) is 54.5 Å². The van der Waals surface area contributed by atoms with E-state index in [9.17, 15) is 0 Å². The number of nitrogens with one attached hydrogen (secondary N) is 1. The summed E-state index contributed by atoms with van der Waals surface area (Å²) in [5.41, 5.74) is 7.35. The molecular weight excluding hydrogens is 563 g/mol. The molecule has 0 aliphatic carbocycles. The molecule has 4 nitrogen and oxygen atoms in total. The summed E-state index contributed by atoms with van der Waals surface area (Å²) in [4.78, 5) is 17.9. The maximum absolute atomic E-state index is 4.82. The number of imidazole rings is 1. The van der Waals surface area contributed by atoms with Crippen LogP contribution in [-0.4, -0.2) is 19.9 Å². The van der Waals surface area contributed by atoms with Gasteiger partial charge in [-0.15, -0.1) is 0 Å². The maximum Gasteiger partial charge on any atom is 2.00 e. The Morgan fingerprint density at radius 1 is 0.742 bits per heavy atom. The Bertz CT molecular complexity index is 1260. The summed E-state index contributed by atoms with van der Waals surface area (Å²) in [5.74, 6) is 0.903. The maximum atomic E-state index is 4.82. The average Bonchev–Trinajstić information content (AvgIpc) is 3.25. The van der Waals surface area contributed by atoms with Crippen molar-refractivity contribution in [2.45, 2.75) is 19.3 Å². The van der Waals surface area contributed by atoms with Gasteiger partial charge in [0.25, 0.3) is 0 Å². The van der Waals surface area contributed by atoms with Crippen LogP contribution in [0.25, 0.3) is 33.5 Å². The molecule has 3 heterocycles. The fraction of sp³-hybridized carbons (Fsp3) is 0.115. The number of benzene rings is 2. The van der Waals surface area contributed by atoms with Crippen molar-refractivity contribution >= 4 is 11.0 Å². The molecular formula is C26H22N4Pt+2. The van der Waals surface area contributed by atoms with Crippen LogP contribution in [0.15, 0.2) is 91.3 Å². The van der Waals surface area contributed by atoms with E-state index in [1.165, 1.54) is 5.56 Å². The van der Waals surface area contributed by atoms with Crippen molar-refractivity contribution in [2.24, 2.45) is 0 Å². The van der Waals surface area contributed by atoms with Crippen molar-refractivity contribution in [3.63, 3.8) is 0 Å². The minimum absolute atomic E-state index is 0. The smallest absolute Gasteiger partial charge is 0.338 e. The molecule has 1 atom stereocenters. The molecule has 31 heavy (non-hydrogen) atoms. The van der Waals surface area contributed by atoms with E-state index in [4.69, 9.17) is 15.0 Å². The van der Waals surface area contributed by atoms with Gasteiger partial charge < -0.3 is 4.98 Å². The molecule has 2 aromatic carbocycles. The molecule has 0 radical (unpaired) electrons. The first kappa shape index (κ1) is 21.1. The van der Waals surface area contributed by atoms with E-state index in [1.807, 2.05) is 54.9 Å². The summed E-state index contributed by atoms with van der Waals surface area (Å²) in [6, 6.07) is 26.7. The fourth-order valence-electron chi connectivity index (χ4n) is 4.05. The molecule has 5 rings (SSSR count). The number of nitrogens with zero attached hydrogens (tertiary/aromatic N) is 3. The third kappa shape index (κ3) is 4.08. The molecule has 1 unspecified atom stereocenters. The minimum atomic E-state index is 0. The van der Waals surface area contributed by atoms with Crippen molar-refractivity contribution in [1.82, 2.24) is 19.9 Å². The van der Waals surface area contributed by atoms with E-state index in [2.05, 4.69) is 48.3 Å². The van der Waals surface area contributed by atoms with Gasteiger partial charge in [0, 0.05) is 29.4 Å². The molecule has 0 saturated carbocycles. The number of fused-ring (bicyclic) bond motifs is 1. The van der Waals surface area contributed by atoms with E-state index in [1.54, 1.807) is 0 Å². The molecule has 0 amide bonds. The number of aromatic amines is 1. The van der Waals surface area contributed by atoms with Gasteiger partial charge in [-0.2, -0.15) is 0 Å². The van der Waals surface area contributed by atoms with Crippen molar-refractivity contribution in [2.75, 3.05) is 0 Å². The van der Waals surface area contributed by atoms with Gasteiger partial charge in [0.05, 0.1) is 22.4 Å². The minimum Gasteiger partial charge on any atom is -0.338 e. The first-order valence-corrected chi connectivity index (χ1v) is 10.3. The van der Waals surface area contributed by atoms with E-state index in [-0.39, 0.29) is 27.0 Å². The normalized spacial score (nSPS) is 11.8. The van der Waals surface area contributed by atoms with Crippen LogP contribution >= 0.6 is 0 Å². The van der Waals surface area contributed by atoms with Gasteiger partial charge in [-0.3, -0.25) is 9.97 Å². The quantitative estimate of drug-likeness (QED) is 0.266. The number of rotatable bonds is 5. The Kier molecular flexibility index (Phi) is 6.39. The van der Waals surface area contributed by atoms with Crippen LogP contribution in [0, 0.1) is 0 Å². The van der Waals surface area contributed by atoms with Crippen molar-refractivity contribution < 1.29 is 21.1 Å². The van der Waals surface area contributed by atoms with Crippen LogP contribution in [0.2, 0.25) is 0 Å². The van der Waals surface area contributed by atoms with Crippen LogP contribution < -0.4 is 0 Å². The summed E-state index contributed by atoms with van der Waals surface area (Å²) in [5, 5.41) is 0. The predicted molar refractivity (Wildman–Crippen MR) is 121 cm³/mol. The van der Waals surface area contributed by atoms with Crippen LogP contribution in [0.5, 0.6) is 0 Å². The molecule has 5 heteroatoms. The predicted octanol–water partition coefficient (Wildman–Crippen LogP) is 6.23. The monoisotopic (exact) mass is 585 g/mol. The van der Waals surface area contributed by atoms with Gasteiger partial charge in [0.15, 0.2) is 0 Å². The second kappa shape index (κ2) is 9.36. The molecule has 0 spiro atoms. The molecule has 0 fully saturated rings.